The van der Waals surface area contributed by atoms with E-state index in [1.165, 1.54) is 25.5 Å². The van der Waals surface area contributed by atoms with Crippen molar-refractivity contribution in [1.29, 1.82) is 0 Å². The topological polar surface area (TPSA) is 83.8 Å². The Kier molecular flexibility index (Phi) is 7.38. The first-order valence-corrected chi connectivity index (χ1v) is 14.3. The minimum Gasteiger partial charge on any atom is -0.478 e. The standard InChI is InChI=1S/C32H48O5/c1-18(15-22(34)16-19(2)29(35)36)23-11-13-31(7)24-9-10-27-30(5,6)28(37-21(4)33)12-14-32(27,8)26(24)17-25(31)20(23)3/h9,16,18,22-23,25-28,34H,3,10-15,17H2,1-2,4-8H3,(H,35,36)/b19-16+/t18-,22+,23-,25+,26-,27+,28-,31+,32-/m1/s1. The third-order valence-corrected chi connectivity index (χ3v) is 11.4. The molecule has 2 N–H and O–H groups in total. The summed E-state index contributed by atoms with van der Waals surface area (Å²) in [6.45, 7) is 19.5. The van der Waals surface area contributed by atoms with Crippen LogP contribution in [0.25, 0.3) is 0 Å². The minimum absolute atomic E-state index is 0.0253. The summed E-state index contributed by atoms with van der Waals surface area (Å²) in [5.41, 5.74) is 3.42. The minimum atomic E-state index is -0.983. The molecule has 3 fully saturated rings. The highest BCUT2D eigenvalue weighted by Crippen LogP contribution is 2.70. The Morgan fingerprint density at radius 2 is 1.84 bits per heavy atom. The van der Waals surface area contributed by atoms with Crippen LogP contribution in [-0.4, -0.2) is 34.4 Å². The van der Waals surface area contributed by atoms with Crippen molar-refractivity contribution in [3.63, 3.8) is 0 Å². The van der Waals surface area contributed by atoms with Crippen LogP contribution in [0.3, 0.4) is 0 Å². The number of carbonyl (C=O) groups excluding carboxylic acids is 1. The summed E-state index contributed by atoms with van der Waals surface area (Å²) in [4.78, 5) is 23.0. The van der Waals surface area contributed by atoms with Gasteiger partial charge < -0.3 is 14.9 Å². The molecule has 0 spiro atoms. The number of esters is 1. The molecule has 4 aliphatic rings. The number of allylic oxidation sites excluding steroid dienone is 3. The van der Waals surface area contributed by atoms with E-state index in [-0.39, 0.29) is 39.8 Å². The van der Waals surface area contributed by atoms with Crippen LogP contribution in [0.5, 0.6) is 0 Å². The van der Waals surface area contributed by atoms with Crippen molar-refractivity contribution >= 4 is 11.9 Å². The number of fused-ring (bicyclic) bond motifs is 5. The second kappa shape index (κ2) is 9.70. The van der Waals surface area contributed by atoms with Crippen LogP contribution in [-0.2, 0) is 14.3 Å². The lowest BCUT2D eigenvalue weighted by molar-refractivity contribution is -0.171. The van der Waals surface area contributed by atoms with E-state index in [0.717, 1.165) is 38.5 Å². The van der Waals surface area contributed by atoms with Gasteiger partial charge in [-0.25, -0.2) is 4.79 Å². The second-order valence-corrected chi connectivity index (χ2v) is 13.8. The summed E-state index contributed by atoms with van der Waals surface area (Å²) in [5.74, 6) is 0.846. The van der Waals surface area contributed by atoms with Crippen LogP contribution in [0.1, 0.15) is 93.4 Å². The van der Waals surface area contributed by atoms with Gasteiger partial charge in [-0.2, -0.15) is 0 Å². The van der Waals surface area contributed by atoms with Gasteiger partial charge in [-0.1, -0.05) is 58.4 Å². The number of aliphatic hydroxyl groups excluding tert-OH is 1. The first kappa shape index (κ1) is 28.1. The molecule has 0 aliphatic heterocycles. The summed E-state index contributed by atoms with van der Waals surface area (Å²) < 4.78 is 5.82. The Hall–Kier alpha value is -1.88. The Labute approximate surface area is 223 Å². The van der Waals surface area contributed by atoms with Crippen molar-refractivity contribution in [1.82, 2.24) is 0 Å². The normalized spacial score (nSPS) is 40.5. The van der Waals surface area contributed by atoms with Gasteiger partial charge in [-0.05, 0) is 98.4 Å². The highest BCUT2D eigenvalue weighted by atomic mass is 16.5. The number of aliphatic carboxylic acids is 1. The van der Waals surface area contributed by atoms with Crippen LogP contribution < -0.4 is 0 Å². The third kappa shape index (κ3) is 4.64. The van der Waals surface area contributed by atoms with E-state index >= 15 is 0 Å². The van der Waals surface area contributed by atoms with E-state index < -0.39 is 12.1 Å². The van der Waals surface area contributed by atoms with Gasteiger partial charge in [0, 0.05) is 17.9 Å². The molecule has 0 amide bonds. The van der Waals surface area contributed by atoms with E-state index in [1.54, 1.807) is 5.57 Å². The Morgan fingerprint density at radius 1 is 1.16 bits per heavy atom. The number of rotatable bonds is 6. The van der Waals surface area contributed by atoms with Gasteiger partial charge in [0.05, 0.1) is 6.10 Å². The molecular weight excluding hydrogens is 464 g/mol. The molecule has 37 heavy (non-hydrogen) atoms. The van der Waals surface area contributed by atoms with Crippen LogP contribution in [0.4, 0.5) is 0 Å². The van der Waals surface area contributed by atoms with E-state index in [1.807, 2.05) is 0 Å². The number of ether oxygens (including phenoxy) is 1. The number of carboxylic acids is 1. The Balaban J connectivity index is 1.54. The first-order chi connectivity index (χ1) is 17.1. The number of hydrogen-bond acceptors (Lipinski definition) is 4. The summed E-state index contributed by atoms with van der Waals surface area (Å²) >= 11 is 0. The van der Waals surface area contributed by atoms with Crippen LogP contribution in [0, 0.1) is 45.8 Å². The number of aliphatic hydroxyl groups is 1. The smallest absolute Gasteiger partial charge is 0.331 e. The summed E-state index contributed by atoms with van der Waals surface area (Å²) in [6.07, 6.45) is 10.2. The average Bonchev–Trinajstić information content (AvgIpc) is 3.10. The number of carbonyl (C=O) groups is 2. The monoisotopic (exact) mass is 512 g/mol. The maximum Gasteiger partial charge on any atom is 0.331 e. The van der Waals surface area contributed by atoms with E-state index in [9.17, 15) is 14.7 Å². The molecular formula is C32H48O5. The van der Waals surface area contributed by atoms with Gasteiger partial charge in [0.25, 0.3) is 0 Å². The fourth-order valence-electron chi connectivity index (χ4n) is 9.33. The fourth-order valence-corrected chi connectivity index (χ4v) is 9.33. The average molecular weight is 513 g/mol. The highest BCUT2D eigenvalue weighted by molar-refractivity contribution is 5.85. The largest absolute Gasteiger partial charge is 0.478 e. The summed E-state index contributed by atoms with van der Waals surface area (Å²) in [5, 5.41) is 19.7. The van der Waals surface area contributed by atoms with Gasteiger partial charge in [0.2, 0.25) is 0 Å². The number of carboxylic acid groups (broad SMARTS) is 1. The lowest BCUT2D eigenvalue weighted by atomic mass is 9.47. The Bertz CT molecular complexity index is 1020. The van der Waals surface area contributed by atoms with E-state index in [4.69, 9.17) is 9.84 Å². The zero-order valence-corrected chi connectivity index (χ0v) is 24.0. The maximum atomic E-state index is 11.8. The molecule has 4 rings (SSSR count). The van der Waals surface area contributed by atoms with Crippen molar-refractivity contribution in [3.05, 3.63) is 35.5 Å². The Morgan fingerprint density at radius 3 is 2.46 bits per heavy atom. The van der Waals surface area contributed by atoms with Gasteiger partial charge in [0.1, 0.15) is 6.10 Å². The van der Waals surface area contributed by atoms with Gasteiger partial charge in [0.15, 0.2) is 0 Å². The maximum absolute atomic E-state index is 11.8. The molecule has 0 aromatic heterocycles. The van der Waals surface area contributed by atoms with E-state index in [0.29, 0.717) is 30.1 Å². The highest BCUT2D eigenvalue weighted by Gasteiger charge is 2.63. The zero-order valence-electron chi connectivity index (χ0n) is 24.0. The van der Waals surface area contributed by atoms with Gasteiger partial charge in [-0.3, -0.25) is 4.79 Å². The van der Waals surface area contributed by atoms with Crippen LogP contribution in [0.2, 0.25) is 0 Å². The lowest BCUT2D eigenvalue weighted by Crippen LogP contribution is -2.55. The number of hydrogen-bond donors (Lipinski definition) is 2. The predicted octanol–water partition coefficient (Wildman–Crippen LogP) is 6.72. The van der Waals surface area contributed by atoms with Gasteiger partial charge >= 0.3 is 11.9 Å². The molecule has 0 aromatic carbocycles. The summed E-state index contributed by atoms with van der Waals surface area (Å²) in [7, 11) is 0. The predicted molar refractivity (Wildman–Crippen MR) is 146 cm³/mol. The third-order valence-electron chi connectivity index (χ3n) is 11.4. The van der Waals surface area contributed by atoms with Crippen molar-refractivity contribution in [2.24, 2.45) is 45.8 Å². The second-order valence-electron chi connectivity index (χ2n) is 13.8. The van der Waals surface area contributed by atoms with Crippen LogP contribution in [0.15, 0.2) is 35.5 Å². The summed E-state index contributed by atoms with van der Waals surface area (Å²) in [6, 6.07) is 0. The SMILES string of the molecule is C=C1[C@@H]([C@H](C)C[C@H](O)/C=C(\C)C(=O)O)CC[C@@]2(C)C3=CC[C@H]4C(C)(C)[C@H](OC(C)=O)CC[C@]4(C)[C@@H]3C[C@@H]12. The molecule has 0 saturated heterocycles. The lowest BCUT2D eigenvalue weighted by Gasteiger charge is -2.58. The quantitative estimate of drug-likeness (QED) is 0.235. The molecule has 0 bridgehead atoms. The van der Waals surface area contributed by atoms with Gasteiger partial charge in [-0.15, -0.1) is 0 Å². The van der Waals surface area contributed by atoms with Crippen molar-refractivity contribution in [2.75, 3.05) is 0 Å². The fraction of sp³-hybridized carbons (Fsp3) is 0.750. The molecule has 5 nitrogen and oxygen atoms in total. The first-order valence-electron chi connectivity index (χ1n) is 14.3. The van der Waals surface area contributed by atoms with Crippen molar-refractivity contribution in [2.45, 2.75) is 106 Å². The molecule has 3 saturated carbocycles. The molecule has 9 atom stereocenters. The molecule has 5 heteroatoms. The zero-order chi connectivity index (χ0) is 27.5. The molecule has 0 radical (unpaired) electrons. The molecule has 0 heterocycles. The molecule has 0 aromatic rings. The van der Waals surface area contributed by atoms with E-state index in [2.05, 4.69) is 47.3 Å². The van der Waals surface area contributed by atoms with Crippen LogP contribution >= 0.6 is 0 Å². The molecule has 0 unspecified atom stereocenters. The molecule has 4 aliphatic carbocycles. The van der Waals surface area contributed by atoms with Crippen molar-refractivity contribution < 1.29 is 24.5 Å². The molecule has 206 valence electrons. The van der Waals surface area contributed by atoms with Crippen molar-refractivity contribution in [3.8, 4) is 0 Å².